The Labute approximate surface area is 232 Å². The highest BCUT2D eigenvalue weighted by Crippen LogP contribution is 2.67. The fourth-order valence-electron chi connectivity index (χ4n) is 7.30. The molecule has 0 amide bonds. The number of ether oxygens (including phenoxy) is 4. The number of hydrogen-bond acceptors (Lipinski definition) is 7. The molecule has 1 spiro atoms. The van der Waals surface area contributed by atoms with Crippen LogP contribution in [0.2, 0.25) is 0 Å². The number of carbonyl (C=O) groups is 3. The summed E-state index contributed by atoms with van der Waals surface area (Å²) >= 11 is 0. The lowest BCUT2D eigenvalue weighted by molar-refractivity contribution is -0.284. The molecule has 7 heteroatoms. The predicted octanol–water partition coefficient (Wildman–Crippen LogP) is 6.04. The van der Waals surface area contributed by atoms with Crippen LogP contribution in [-0.2, 0) is 33.3 Å². The highest BCUT2D eigenvalue weighted by atomic mass is 16.6. The predicted molar refractivity (Wildman–Crippen MR) is 147 cm³/mol. The number of rotatable bonds is 9. The third-order valence-electron chi connectivity index (χ3n) is 9.40. The summed E-state index contributed by atoms with van der Waals surface area (Å²) in [6, 6.07) is 9.56. The van der Waals surface area contributed by atoms with Crippen molar-refractivity contribution >= 4 is 24.0 Å². The summed E-state index contributed by atoms with van der Waals surface area (Å²) < 4.78 is 25.2. The topological polar surface area (TPSA) is 88.1 Å². The first kappa shape index (κ1) is 29.3. The monoisotopic (exact) mass is 540 g/mol. The van der Waals surface area contributed by atoms with Crippen molar-refractivity contribution in [2.24, 2.45) is 17.3 Å². The number of esters is 3. The van der Waals surface area contributed by atoms with E-state index in [4.69, 9.17) is 18.9 Å². The number of fused-ring (bicyclic) bond motifs is 1. The average Bonchev–Trinajstić information content (AvgIpc) is 3.12. The first-order valence-electron chi connectivity index (χ1n) is 14.4. The summed E-state index contributed by atoms with van der Waals surface area (Å²) in [6.07, 6.45) is 5.96. The third-order valence-corrected chi connectivity index (χ3v) is 9.40. The fraction of sp³-hybridized carbons (Fsp3) is 0.656. The van der Waals surface area contributed by atoms with Crippen LogP contribution in [0, 0.1) is 17.3 Å². The van der Waals surface area contributed by atoms with Crippen LogP contribution in [0.5, 0.6) is 0 Å². The van der Waals surface area contributed by atoms with Crippen LogP contribution in [0.25, 0.3) is 6.08 Å². The maximum absolute atomic E-state index is 13.2. The molecule has 2 saturated carbocycles. The second-order valence-electron chi connectivity index (χ2n) is 12.3. The summed E-state index contributed by atoms with van der Waals surface area (Å²) in [7, 11) is 0. The molecular weight excluding hydrogens is 496 g/mol. The standard InChI is InChI=1S/C32H44O7/c1-7-8-10-15-27(34)37-25-18-21(2)32-20-24(30(4,5)39-32)19-26(31(32,6)29(25)36-22(3)33)38-28(35)17-16-23-13-11-9-12-14-23/h9,11-14,16-17,21,24-26,29H,7-8,10,15,18-20H2,1-6H3/b17-16+. The first-order chi connectivity index (χ1) is 18.4. The zero-order valence-electron chi connectivity index (χ0n) is 24.2. The van der Waals surface area contributed by atoms with Gasteiger partial charge in [-0.05, 0) is 69.9 Å². The maximum atomic E-state index is 13.2. The van der Waals surface area contributed by atoms with Gasteiger partial charge in [-0.2, -0.15) is 0 Å². The van der Waals surface area contributed by atoms with Crippen molar-refractivity contribution in [1.82, 2.24) is 0 Å². The van der Waals surface area contributed by atoms with Crippen molar-refractivity contribution < 1.29 is 33.3 Å². The third kappa shape index (κ3) is 5.65. The van der Waals surface area contributed by atoms with Gasteiger partial charge in [-0.25, -0.2) is 4.79 Å². The number of unbranched alkanes of at least 4 members (excludes halogenated alkanes) is 2. The van der Waals surface area contributed by atoms with Crippen LogP contribution in [0.15, 0.2) is 36.4 Å². The van der Waals surface area contributed by atoms with Crippen LogP contribution in [-0.4, -0.2) is 47.4 Å². The van der Waals surface area contributed by atoms with Gasteiger partial charge in [0.1, 0.15) is 12.2 Å². The van der Waals surface area contributed by atoms with Crippen LogP contribution in [0.3, 0.4) is 0 Å². The van der Waals surface area contributed by atoms with E-state index in [2.05, 4.69) is 27.7 Å². The molecule has 0 N–H and O–H groups in total. The van der Waals surface area contributed by atoms with Crippen molar-refractivity contribution in [2.45, 2.75) is 116 Å². The van der Waals surface area contributed by atoms with Crippen molar-refractivity contribution in [1.29, 1.82) is 0 Å². The van der Waals surface area contributed by atoms with E-state index in [1.54, 1.807) is 6.08 Å². The van der Waals surface area contributed by atoms with Gasteiger partial charge in [-0.3, -0.25) is 9.59 Å². The molecule has 1 aromatic carbocycles. The largest absolute Gasteiger partial charge is 0.458 e. The van der Waals surface area contributed by atoms with Crippen molar-refractivity contribution in [3.63, 3.8) is 0 Å². The number of carbonyl (C=O) groups excluding carboxylic acids is 3. The molecule has 39 heavy (non-hydrogen) atoms. The summed E-state index contributed by atoms with van der Waals surface area (Å²) in [6.45, 7) is 11.7. The molecule has 1 saturated heterocycles. The Balaban J connectivity index is 1.68. The molecule has 3 aliphatic rings. The smallest absolute Gasteiger partial charge is 0.331 e. The lowest BCUT2D eigenvalue weighted by Gasteiger charge is -2.61. The van der Waals surface area contributed by atoms with Crippen molar-refractivity contribution in [3.8, 4) is 0 Å². The number of benzene rings is 1. The summed E-state index contributed by atoms with van der Waals surface area (Å²) in [5.74, 6) is -1.08. The van der Waals surface area contributed by atoms with Crippen LogP contribution in [0.1, 0.15) is 92.1 Å². The van der Waals surface area contributed by atoms with E-state index in [9.17, 15) is 14.4 Å². The van der Waals surface area contributed by atoms with E-state index in [-0.39, 0.29) is 17.8 Å². The molecule has 0 aromatic heterocycles. The Morgan fingerprint density at radius 2 is 1.74 bits per heavy atom. The molecule has 2 bridgehead atoms. The van der Waals surface area contributed by atoms with Crippen LogP contribution < -0.4 is 0 Å². The van der Waals surface area contributed by atoms with E-state index >= 15 is 0 Å². The summed E-state index contributed by atoms with van der Waals surface area (Å²) in [5.41, 5.74) is -1.19. The molecule has 7 nitrogen and oxygen atoms in total. The molecule has 4 rings (SSSR count). The van der Waals surface area contributed by atoms with Crippen molar-refractivity contribution in [2.75, 3.05) is 0 Å². The Bertz CT molecular complexity index is 1080. The molecule has 7 atom stereocenters. The van der Waals surface area contributed by atoms with Crippen molar-refractivity contribution in [3.05, 3.63) is 42.0 Å². The van der Waals surface area contributed by atoms with Gasteiger partial charge in [0, 0.05) is 19.4 Å². The fourth-order valence-corrected chi connectivity index (χ4v) is 7.30. The van der Waals surface area contributed by atoms with Crippen LogP contribution >= 0.6 is 0 Å². The zero-order valence-corrected chi connectivity index (χ0v) is 24.2. The lowest BCUT2D eigenvalue weighted by atomic mass is 9.49. The Morgan fingerprint density at radius 1 is 1.03 bits per heavy atom. The minimum atomic E-state index is -0.925. The molecular formula is C32H44O7. The van der Waals surface area contributed by atoms with Gasteiger partial charge in [-0.1, -0.05) is 57.0 Å². The maximum Gasteiger partial charge on any atom is 0.331 e. The Kier molecular flexibility index (Phi) is 8.60. The van der Waals surface area contributed by atoms with Gasteiger partial charge < -0.3 is 18.9 Å². The SMILES string of the molecule is CCCCCC(=O)OC1CC(C)C23CC(CC(OC(=O)/C=C/c4ccccc4)C2(C)C1OC(C)=O)C(C)(C)O3. The first-order valence-corrected chi connectivity index (χ1v) is 14.4. The zero-order chi connectivity index (χ0) is 28.4. The highest BCUT2D eigenvalue weighted by molar-refractivity contribution is 5.87. The summed E-state index contributed by atoms with van der Waals surface area (Å²) in [5, 5.41) is 0. The second kappa shape index (κ2) is 11.4. The molecule has 0 radical (unpaired) electrons. The lowest BCUT2D eigenvalue weighted by Crippen LogP contribution is -2.71. The second-order valence-corrected chi connectivity index (χ2v) is 12.3. The quantitative estimate of drug-likeness (QED) is 0.163. The molecule has 214 valence electrons. The average molecular weight is 541 g/mol. The number of hydrogen-bond donors (Lipinski definition) is 0. The van der Waals surface area contributed by atoms with E-state index in [1.165, 1.54) is 13.0 Å². The molecule has 3 fully saturated rings. The van der Waals surface area contributed by atoms with Gasteiger partial charge in [-0.15, -0.1) is 0 Å². The summed E-state index contributed by atoms with van der Waals surface area (Å²) in [4.78, 5) is 38.5. The molecule has 7 unspecified atom stereocenters. The molecule has 2 aliphatic carbocycles. The van der Waals surface area contributed by atoms with Gasteiger partial charge in [0.15, 0.2) is 6.10 Å². The van der Waals surface area contributed by atoms with Gasteiger partial charge >= 0.3 is 17.9 Å². The van der Waals surface area contributed by atoms with E-state index < -0.39 is 46.9 Å². The van der Waals surface area contributed by atoms with Gasteiger partial charge in [0.25, 0.3) is 0 Å². The Hall–Kier alpha value is -2.67. The molecule has 1 aliphatic heterocycles. The minimum absolute atomic E-state index is 0.0200. The highest BCUT2D eigenvalue weighted by Gasteiger charge is 2.75. The molecule has 1 heterocycles. The van der Waals surface area contributed by atoms with Crippen LogP contribution in [0.4, 0.5) is 0 Å². The van der Waals surface area contributed by atoms with E-state index in [0.29, 0.717) is 19.3 Å². The van der Waals surface area contributed by atoms with E-state index in [0.717, 1.165) is 31.2 Å². The minimum Gasteiger partial charge on any atom is -0.458 e. The normalized spacial score (nSPS) is 34.8. The molecule has 1 aromatic rings. The van der Waals surface area contributed by atoms with Gasteiger partial charge in [0.05, 0.1) is 16.6 Å². The van der Waals surface area contributed by atoms with Gasteiger partial charge in [0.2, 0.25) is 0 Å². The Morgan fingerprint density at radius 3 is 2.41 bits per heavy atom. The van der Waals surface area contributed by atoms with E-state index in [1.807, 2.05) is 37.3 Å².